The summed E-state index contributed by atoms with van der Waals surface area (Å²) >= 11 is 5.59. The average molecular weight is 424 g/mol. The summed E-state index contributed by atoms with van der Waals surface area (Å²) in [5, 5.41) is 1.59. The Bertz CT molecular complexity index is 1310. The number of benzene rings is 3. The van der Waals surface area contributed by atoms with Gasteiger partial charge in [-0.25, -0.2) is 0 Å². The molecule has 1 amide bonds. The quantitative estimate of drug-likeness (QED) is 0.330. The highest BCUT2D eigenvalue weighted by Gasteiger charge is 2.36. The van der Waals surface area contributed by atoms with E-state index in [4.69, 9.17) is 12.2 Å². The molecule has 1 saturated heterocycles. The van der Waals surface area contributed by atoms with Gasteiger partial charge in [0, 0.05) is 36.3 Å². The Morgan fingerprint density at radius 3 is 2.26 bits per heavy atom. The third-order valence-corrected chi connectivity index (χ3v) is 6.04. The first kappa shape index (κ1) is 19.3. The van der Waals surface area contributed by atoms with Gasteiger partial charge in [-0.15, -0.1) is 0 Å². The van der Waals surface area contributed by atoms with Crippen molar-refractivity contribution < 1.29 is 4.79 Å². The summed E-state index contributed by atoms with van der Waals surface area (Å²) in [5.41, 5.74) is 4.71. The van der Waals surface area contributed by atoms with E-state index in [1.54, 1.807) is 9.80 Å². The molecule has 5 rings (SSSR count). The molecule has 0 spiro atoms. The first-order valence-electron chi connectivity index (χ1n) is 10.1. The number of aromatic nitrogens is 1. The van der Waals surface area contributed by atoms with Crippen molar-refractivity contribution in [2.45, 2.75) is 6.54 Å². The van der Waals surface area contributed by atoms with Crippen molar-refractivity contribution in [3.63, 3.8) is 0 Å². The molecule has 152 valence electrons. The van der Waals surface area contributed by atoms with E-state index >= 15 is 0 Å². The predicted molar refractivity (Wildman–Crippen MR) is 130 cm³/mol. The Labute approximate surface area is 186 Å². The molecule has 0 radical (unpaired) electrons. The second-order valence-corrected chi connectivity index (χ2v) is 7.93. The van der Waals surface area contributed by atoms with Crippen LogP contribution in [0.25, 0.3) is 17.0 Å². The normalized spacial score (nSPS) is 15.5. The number of hydrogen-bond acceptors (Lipinski definition) is 2. The average Bonchev–Trinajstić information content (AvgIpc) is 3.25. The van der Waals surface area contributed by atoms with Gasteiger partial charge >= 0.3 is 0 Å². The van der Waals surface area contributed by atoms with E-state index in [-0.39, 0.29) is 5.91 Å². The standard InChI is InChI=1S/C26H21N3OS/c1-27-24(25(30)29(26(27)31)21-12-6-3-7-13-21)16-20-18-28(17-19-10-4-2-5-11-19)23-15-9-8-14-22(20)23/h2-16,18H,17H2,1H3. The van der Waals surface area contributed by atoms with E-state index in [9.17, 15) is 4.79 Å². The van der Waals surface area contributed by atoms with E-state index < -0.39 is 0 Å². The lowest BCUT2D eigenvalue weighted by atomic mass is 10.1. The number of fused-ring (bicyclic) bond motifs is 1. The topological polar surface area (TPSA) is 28.5 Å². The number of rotatable bonds is 4. The molecule has 4 aromatic rings. The zero-order valence-corrected chi connectivity index (χ0v) is 17.9. The number of carbonyl (C=O) groups is 1. The van der Waals surface area contributed by atoms with Gasteiger partial charge in [-0.3, -0.25) is 9.69 Å². The van der Waals surface area contributed by atoms with Crippen molar-refractivity contribution in [2.75, 3.05) is 11.9 Å². The van der Waals surface area contributed by atoms with Gasteiger partial charge < -0.3 is 9.47 Å². The first-order chi connectivity index (χ1) is 15.1. The maximum atomic E-state index is 13.3. The second kappa shape index (κ2) is 7.85. The summed E-state index contributed by atoms with van der Waals surface area (Å²) in [4.78, 5) is 16.7. The van der Waals surface area contributed by atoms with Crippen LogP contribution in [0.3, 0.4) is 0 Å². The Hall–Kier alpha value is -3.70. The largest absolute Gasteiger partial charge is 0.342 e. The highest BCUT2D eigenvalue weighted by Crippen LogP contribution is 2.30. The molecule has 0 N–H and O–H groups in total. The van der Waals surface area contributed by atoms with Crippen LogP contribution >= 0.6 is 12.2 Å². The van der Waals surface area contributed by atoms with Gasteiger partial charge in [-0.1, -0.05) is 66.7 Å². The number of carbonyl (C=O) groups excluding carboxylic acids is 1. The zero-order valence-electron chi connectivity index (χ0n) is 17.1. The summed E-state index contributed by atoms with van der Waals surface area (Å²) in [6, 6.07) is 28.2. The number of para-hydroxylation sites is 2. The number of likely N-dealkylation sites (N-methyl/N-ethyl adjacent to an activating group) is 1. The summed E-state index contributed by atoms with van der Waals surface area (Å²) in [7, 11) is 1.85. The molecule has 0 bridgehead atoms. The van der Waals surface area contributed by atoms with Crippen LogP contribution in [0, 0.1) is 0 Å². The van der Waals surface area contributed by atoms with Gasteiger partial charge in [0.1, 0.15) is 5.70 Å². The third kappa shape index (κ3) is 3.43. The highest BCUT2D eigenvalue weighted by atomic mass is 32.1. The fourth-order valence-electron chi connectivity index (χ4n) is 4.01. The Morgan fingerprint density at radius 2 is 1.52 bits per heavy atom. The monoisotopic (exact) mass is 423 g/mol. The van der Waals surface area contributed by atoms with Crippen molar-refractivity contribution in [1.82, 2.24) is 9.47 Å². The predicted octanol–water partition coefficient (Wildman–Crippen LogP) is 5.29. The van der Waals surface area contributed by atoms with Crippen LogP contribution in [-0.2, 0) is 11.3 Å². The molecule has 0 saturated carbocycles. The maximum absolute atomic E-state index is 13.3. The van der Waals surface area contributed by atoms with Crippen molar-refractivity contribution in [1.29, 1.82) is 0 Å². The molecule has 0 aliphatic carbocycles. The highest BCUT2D eigenvalue weighted by molar-refractivity contribution is 7.80. The lowest BCUT2D eigenvalue weighted by molar-refractivity contribution is -0.114. The van der Waals surface area contributed by atoms with Crippen LogP contribution in [0.2, 0.25) is 0 Å². The number of amides is 1. The molecule has 3 aromatic carbocycles. The Kier molecular flexibility index (Phi) is 4.88. The van der Waals surface area contributed by atoms with E-state index in [0.29, 0.717) is 10.8 Å². The van der Waals surface area contributed by atoms with E-state index in [1.807, 2.05) is 61.7 Å². The van der Waals surface area contributed by atoms with Crippen LogP contribution < -0.4 is 4.90 Å². The second-order valence-electron chi connectivity index (χ2n) is 7.56. The van der Waals surface area contributed by atoms with Crippen LogP contribution in [0.4, 0.5) is 5.69 Å². The van der Waals surface area contributed by atoms with Gasteiger partial charge in [-0.05, 0) is 42.1 Å². The van der Waals surface area contributed by atoms with Crippen LogP contribution in [0.1, 0.15) is 11.1 Å². The maximum Gasteiger partial charge on any atom is 0.281 e. The van der Waals surface area contributed by atoms with Crippen molar-refractivity contribution in [3.05, 3.63) is 108 Å². The van der Waals surface area contributed by atoms with Gasteiger partial charge in [0.2, 0.25) is 0 Å². The fraction of sp³-hybridized carbons (Fsp3) is 0.0769. The molecular formula is C26H21N3OS. The van der Waals surface area contributed by atoms with Gasteiger partial charge in [0.15, 0.2) is 5.11 Å². The molecule has 1 aliphatic rings. The summed E-state index contributed by atoms with van der Waals surface area (Å²) in [6.45, 7) is 0.767. The lowest BCUT2D eigenvalue weighted by Crippen LogP contribution is -2.30. The van der Waals surface area contributed by atoms with Gasteiger partial charge in [0.25, 0.3) is 5.91 Å². The molecule has 31 heavy (non-hydrogen) atoms. The molecule has 1 aliphatic heterocycles. The summed E-state index contributed by atoms with van der Waals surface area (Å²) < 4.78 is 2.23. The van der Waals surface area contributed by atoms with Crippen LogP contribution in [-0.4, -0.2) is 27.5 Å². The minimum absolute atomic E-state index is 0.112. The molecular weight excluding hydrogens is 402 g/mol. The van der Waals surface area contributed by atoms with Gasteiger partial charge in [0.05, 0.1) is 5.69 Å². The molecule has 0 unspecified atom stereocenters. The summed E-state index contributed by atoms with van der Waals surface area (Å²) in [5.74, 6) is -0.112. The minimum Gasteiger partial charge on any atom is -0.342 e. The molecule has 4 nitrogen and oxygen atoms in total. The lowest BCUT2D eigenvalue weighted by Gasteiger charge is -2.16. The molecule has 0 atom stereocenters. The Balaban J connectivity index is 1.57. The van der Waals surface area contributed by atoms with E-state index in [0.717, 1.165) is 28.7 Å². The van der Waals surface area contributed by atoms with E-state index in [2.05, 4.69) is 47.2 Å². The van der Waals surface area contributed by atoms with E-state index in [1.165, 1.54) is 5.56 Å². The van der Waals surface area contributed by atoms with Crippen LogP contribution in [0.15, 0.2) is 96.8 Å². The summed E-state index contributed by atoms with van der Waals surface area (Å²) in [6.07, 6.45) is 4.06. The molecule has 1 fully saturated rings. The zero-order chi connectivity index (χ0) is 21.4. The third-order valence-electron chi connectivity index (χ3n) is 5.58. The molecule has 1 aromatic heterocycles. The Morgan fingerprint density at radius 1 is 0.871 bits per heavy atom. The fourth-order valence-corrected chi connectivity index (χ4v) is 4.30. The number of hydrogen-bond donors (Lipinski definition) is 0. The molecule has 2 heterocycles. The smallest absolute Gasteiger partial charge is 0.281 e. The van der Waals surface area contributed by atoms with Crippen molar-refractivity contribution >= 4 is 45.9 Å². The number of thiocarbonyl (C=S) groups is 1. The van der Waals surface area contributed by atoms with Gasteiger partial charge in [-0.2, -0.15) is 0 Å². The van der Waals surface area contributed by atoms with Crippen molar-refractivity contribution in [2.24, 2.45) is 0 Å². The van der Waals surface area contributed by atoms with Crippen molar-refractivity contribution in [3.8, 4) is 0 Å². The number of nitrogens with zero attached hydrogens (tertiary/aromatic N) is 3. The SMILES string of the molecule is CN1C(=S)N(c2ccccc2)C(=O)C1=Cc1cn(Cc2ccccc2)c2ccccc12. The molecule has 5 heteroatoms. The number of anilines is 1. The first-order valence-corrected chi connectivity index (χ1v) is 10.5. The minimum atomic E-state index is -0.112. The van der Waals surface area contributed by atoms with Crippen LogP contribution in [0.5, 0.6) is 0 Å².